The van der Waals surface area contributed by atoms with Gasteiger partial charge in [-0.2, -0.15) is 0 Å². The summed E-state index contributed by atoms with van der Waals surface area (Å²) in [5.41, 5.74) is 0. The van der Waals surface area contributed by atoms with Crippen molar-refractivity contribution in [3.63, 3.8) is 0 Å². The molecular formula is C10H15ClF2N2O2S. The standard InChI is InChI=1S/C10H14F2N2O2S.ClH/c1-7(13-2)6-14-17(15,16)9-5-3-4-8(11)10(9)12;/h3-5,7,13-14H,6H2,1-2H3;1H. The van der Waals surface area contributed by atoms with Crippen molar-refractivity contribution in [2.75, 3.05) is 13.6 Å². The van der Waals surface area contributed by atoms with Gasteiger partial charge in [-0.3, -0.25) is 0 Å². The van der Waals surface area contributed by atoms with Gasteiger partial charge in [0.15, 0.2) is 11.6 Å². The second-order valence-electron chi connectivity index (χ2n) is 3.59. The van der Waals surface area contributed by atoms with Crippen molar-refractivity contribution in [1.82, 2.24) is 10.0 Å². The molecule has 0 bridgehead atoms. The Morgan fingerprint density at radius 2 is 1.94 bits per heavy atom. The normalized spacial score (nSPS) is 12.9. The van der Waals surface area contributed by atoms with E-state index in [-0.39, 0.29) is 25.0 Å². The van der Waals surface area contributed by atoms with E-state index in [0.717, 1.165) is 18.2 Å². The van der Waals surface area contributed by atoms with Crippen molar-refractivity contribution < 1.29 is 17.2 Å². The number of hydrogen-bond acceptors (Lipinski definition) is 3. The van der Waals surface area contributed by atoms with Crippen LogP contribution < -0.4 is 10.0 Å². The van der Waals surface area contributed by atoms with E-state index in [1.54, 1.807) is 14.0 Å². The molecule has 1 aromatic rings. The molecule has 0 saturated heterocycles. The van der Waals surface area contributed by atoms with E-state index in [2.05, 4.69) is 10.0 Å². The van der Waals surface area contributed by atoms with Crippen LogP contribution in [0.15, 0.2) is 23.1 Å². The van der Waals surface area contributed by atoms with Gasteiger partial charge >= 0.3 is 0 Å². The van der Waals surface area contributed by atoms with Crippen LogP contribution in [-0.2, 0) is 10.0 Å². The molecule has 0 aliphatic carbocycles. The first-order valence-corrected chi connectivity index (χ1v) is 6.47. The van der Waals surface area contributed by atoms with Gasteiger partial charge < -0.3 is 5.32 Å². The number of sulfonamides is 1. The number of nitrogens with one attached hydrogen (secondary N) is 2. The third-order valence-corrected chi connectivity index (χ3v) is 3.72. The molecule has 1 unspecified atom stereocenters. The monoisotopic (exact) mass is 300 g/mol. The first-order chi connectivity index (χ1) is 7.88. The summed E-state index contributed by atoms with van der Waals surface area (Å²) in [5, 5.41) is 2.82. The molecular weight excluding hydrogens is 286 g/mol. The van der Waals surface area contributed by atoms with Gasteiger partial charge in [-0.05, 0) is 26.1 Å². The Bertz CT molecular complexity index is 497. The van der Waals surface area contributed by atoms with Crippen molar-refractivity contribution in [2.45, 2.75) is 17.9 Å². The highest BCUT2D eigenvalue weighted by Gasteiger charge is 2.21. The van der Waals surface area contributed by atoms with Crippen LogP contribution >= 0.6 is 12.4 Å². The highest BCUT2D eigenvalue weighted by Crippen LogP contribution is 2.16. The molecule has 1 rings (SSSR count). The summed E-state index contributed by atoms with van der Waals surface area (Å²) in [5.74, 6) is -2.55. The minimum Gasteiger partial charge on any atom is -0.316 e. The average molecular weight is 301 g/mol. The Labute approximate surface area is 111 Å². The molecule has 0 aliphatic heterocycles. The molecule has 0 aromatic heterocycles. The van der Waals surface area contributed by atoms with Crippen LogP contribution in [0.1, 0.15) is 6.92 Å². The summed E-state index contributed by atoms with van der Waals surface area (Å²) in [6, 6.07) is 2.92. The minimum absolute atomic E-state index is 0. The summed E-state index contributed by atoms with van der Waals surface area (Å²) in [6.45, 7) is 1.85. The maximum Gasteiger partial charge on any atom is 0.243 e. The van der Waals surface area contributed by atoms with Gasteiger partial charge in [0.1, 0.15) is 4.90 Å². The molecule has 1 atom stereocenters. The predicted molar refractivity (Wildman–Crippen MR) is 67.3 cm³/mol. The Morgan fingerprint density at radius 1 is 1.33 bits per heavy atom. The molecule has 2 N–H and O–H groups in total. The van der Waals surface area contributed by atoms with Crippen molar-refractivity contribution in [2.24, 2.45) is 0 Å². The van der Waals surface area contributed by atoms with E-state index in [9.17, 15) is 17.2 Å². The zero-order chi connectivity index (χ0) is 13.1. The van der Waals surface area contributed by atoms with E-state index in [1.165, 1.54) is 0 Å². The number of likely N-dealkylation sites (N-methyl/N-ethyl adjacent to an activating group) is 1. The van der Waals surface area contributed by atoms with Gasteiger partial charge in [0.25, 0.3) is 0 Å². The summed E-state index contributed by atoms with van der Waals surface area (Å²) >= 11 is 0. The van der Waals surface area contributed by atoms with Gasteiger partial charge in [-0.25, -0.2) is 21.9 Å². The zero-order valence-corrected chi connectivity index (χ0v) is 11.5. The van der Waals surface area contributed by atoms with Crippen molar-refractivity contribution >= 4 is 22.4 Å². The largest absolute Gasteiger partial charge is 0.316 e. The predicted octanol–water partition coefficient (Wildman–Crippen LogP) is 1.27. The minimum atomic E-state index is -4.02. The molecule has 1 aromatic carbocycles. The summed E-state index contributed by atoms with van der Waals surface area (Å²) in [7, 11) is -2.36. The van der Waals surface area contributed by atoms with Crippen LogP contribution in [0.5, 0.6) is 0 Å². The average Bonchev–Trinajstić information content (AvgIpc) is 2.29. The molecule has 0 saturated carbocycles. The molecule has 18 heavy (non-hydrogen) atoms. The highest BCUT2D eigenvalue weighted by molar-refractivity contribution is 7.89. The van der Waals surface area contributed by atoms with Crippen LogP contribution in [0.2, 0.25) is 0 Å². The van der Waals surface area contributed by atoms with Gasteiger partial charge in [0.05, 0.1) is 0 Å². The first kappa shape index (κ1) is 17.2. The fourth-order valence-electron chi connectivity index (χ4n) is 1.11. The lowest BCUT2D eigenvalue weighted by molar-refractivity contribution is 0.482. The van der Waals surface area contributed by atoms with Gasteiger partial charge in [-0.15, -0.1) is 12.4 Å². The summed E-state index contributed by atoms with van der Waals surface area (Å²) < 4.78 is 51.7. The second kappa shape index (κ2) is 6.98. The fraction of sp³-hybridized carbons (Fsp3) is 0.400. The quantitative estimate of drug-likeness (QED) is 0.861. The third-order valence-electron chi connectivity index (χ3n) is 2.28. The molecule has 0 heterocycles. The molecule has 0 radical (unpaired) electrons. The second-order valence-corrected chi connectivity index (χ2v) is 5.33. The Morgan fingerprint density at radius 3 is 2.50 bits per heavy atom. The lowest BCUT2D eigenvalue weighted by atomic mass is 10.3. The van der Waals surface area contributed by atoms with E-state index >= 15 is 0 Å². The van der Waals surface area contributed by atoms with Gasteiger partial charge in [-0.1, -0.05) is 6.07 Å². The maximum atomic E-state index is 13.3. The number of hydrogen-bond donors (Lipinski definition) is 2. The molecule has 0 spiro atoms. The van der Waals surface area contributed by atoms with E-state index in [4.69, 9.17) is 0 Å². The van der Waals surface area contributed by atoms with Crippen molar-refractivity contribution in [3.8, 4) is 0 Å². The van der Waals surface area contributed by atoms with Crippen LogP contribution in [-0.4, -0.2) is 28.1 Å². The smallest absolute Gasteiger partial charge is 0.243 e. The molecule has 0 aliphatic rings. The topological polar surface area (TPSA) is 58.2 Å². The van der Waals surface area contributed by atoms with Crippen LogP contribution in [0.4, 0.5) is 8.78 Å². The molecule has 8 heteroatoms. The van der Waals surface area contributed by atoms with Crippen LogP contribution in [0.25, 0.3) is 0 Å². The van der Waals surface area contributed by atoms with Gasteiger partial charge in [0, 0.05) is 12.6 Å². The molecule has 0 amide bonds. The Kier molecular flexibility index (Phi) is 6.69. The third kappa shape index (κ3) is 4.16. The first-order valence-electron chi connectivity index (χ1n) is 4.99. The summed E-state index contributed by atoms with van der Waals surface area (Å²) in [4.78, 5) is -0.680. The van der Waals surface area contributed by atoms with Crippen LogP contribution in [0.3, 0.4) is 0 Å². The Balaban J connectivity index is 0.00000289. The lowest BCUT2D eigenvalue weighted by Crippen LogP contribution is -2.37. The molecule has 4 nitrogen and oxygen atoms in total. The van der Waals surface area contributed by atoms with Gasteiger partial charge in [0.2, 0.25) is 10.0 Å². The maximum absolute atomic E-state index is 13.3. The highest BCUT2D eigenvalue weighted by atomic mass is 35.5. The fourth-order valence-corrected chi connectivity index (χ4v) is 2.32. The van der Waals surface area contributed by atoms with E-state index in [1.807, 2.05) is 0 Å². The van der Waals surface area contributed by atoms with E-state index < -0.39 is 26.6 Å². The van der Waals surface area contributed by atoms with Crippen molar-refractivity contribution in [1.29, 1.82) is 0 Å². The lowest BCUT2D eigenvalue weighted by Gasteiger charge is -2.12. The number of benzene rings is 1. The molecule has 104 valence electrons. The molecule has 0 fully saturated rings. The van der Waals surface area contributed by atoms with Crippen molar-refractivity contribution in [3.05, 3.63) is 29.8 Å². The SMILES string of the molecule is CNC(C)CNS(=O)(=O)c1cccc(F)c1F.Cl. The zero-order valence-electron chi connectivity index (χ0n) is 9.91. The van der Waals surface area contributed by atoms with E-state index in [0.29, 0.717) is 0 Å². The number of rotatable bonds is 5. The Hall–Kier alpha value is -0.760. The summed E-state index contributed by atoms with van der Waals surface area (Å²) in [6.07, 6.45) is 0. The number of halogens is 3. The van der Waals surface area contributed by atoms with Crippen LogP contribution in [0, 0.1) is 11.6 Å².